The topological polar surface area (TPSA) is 59.0 Å². The van der Waals surface area contributed by atoms with E-state index in [4.69, 9.17) is 9.47 Å². The Morgan fingerprint density at radius 2 is 2.09 bits per heavy atom. The molecular weight excluding hydrogens is 301 g/mol. The molecule has 1 aromatic rings. The number of rotatable bonds is 2. The van der Waals surface area contributed by atoms with Gasteiger partial charge >= 0.3 is 6.09 Å². The van der Waals surface area contributed by atoms with Crippen LogP contribution in [0.5, 0.6) is 0 Å². The third-order valence-corrected chi connectivity index (χ3v) is 3.62. The molecule has 0 spiro atoms. The fourth-order valence-electron chi connectivity index (χ4n) is 2.66. The average molecular weight is 325 g/mol. The average Bonchev–Trinajstić information content (AvgIpc) is 2.71. The largest absolute Gasteiger partial charge is 0.444 e. The van der Waals surface area contributed by atoms with Crippen molar-refractivity contribution in [3.63, 3.8) is 0 Å². The molecule has 1 aromatic carbocycles. The molecule has 1 fully saturated rings. The molecule has 2 rings (SSSR count). The number of aliphatic hydroxyl groups excluding tert-OH is 1. The number of carbonyl (C=O) groups excluding carboxylic acids is 1. The molecule has 1 aliphatic rings. The molecule has 1 saturated heterocycles. The van der Waals surface area contributed by atoms with E-state index in [0.29, 0.717) is 11.1 Å². The van der Waals surface area contributed by atoms with Crippen LogP contribution in [0.15, 0.2) is 18.2 Å². The molecule has 0 bridgehead atoms. The van der Waals surface area contributed by atoms with Crippen molar-refractivity contribution in [2.45, 2.75) is 58.6 Å². The Balaban J connectivity index is 2.37. The van der Waals surface area contributed by atoms with Gasteiger partial charge in [0.15, 0.2) is 0 Å². The highest BCUT2D eigenvalue weighted by Gasteiger charge is 2.46. The van der Waals surface area contributed by atoms with Gasteiger partial charge in [0.25, 0.3) is 0 Å². The highest BCUT2D eigenvalue weighted by molar-refractivity contribution is 5.70. The number of benzene rings is 1. The van der Waals surface area contributed by atoms with E-state index in [9.17, 15) is 14.3 Å². The smallest absolute Gasteiger partial charge is 0.413 e. The number of nitrogens with zero attached hydrogens (tertiary/aromatic N) is 1. The van der Waals surface area contributed by atoms with Crippen LogP contribution < -0.4 is 0 Å². The first kappa shape index (κ1) is 17.7. The third-order valence-electron chi connectivity index (χ3n) is 3.62. The van der Waals surface area contributed by atoms with Gasteiger partial charge in [-0.25, -0.2) is 9.18 Å². The van der Waals surface area contributed by atoms with Gasteiger partial charge in [0.1, 0.15) is 17.1 Å². The molecule has 23 heavy (non-hydrogen) atoms. The van der Waals surface area contributed by atoms with Crippen molar-refractivity contribution in [3.8, 4) is 0 Å². The molecule has 1 atom stereocenters. The summed E-state index contributed by atoms with van der Waals surface area (Å²) in [5.74, 6) is -0.458. The molecule has 0 saturated carbocycles. The number of aliphatic hydroxyl groups is 1. The summed E-state index contributed by atoms with van der Waals surface area (Å²) < 4.78 is 24.9. The number of hydrogen-bond acceptors (Lipinski definition) is 4. The molecule has 1 aliphatic heterocycles. The molecule has 1 N–H and O–H groups in total. The van der Waals surface area contributed by atoms with Crippen molar-refractivity contribution >= 4 is 6.09 Å². The minimum absolute atomic E-state index is 0.237. The second-order valence-corrected chi connectivity index (χ2v) is 7.17. The van der Waals surface area contributed by atoms with Crippen molar-refractivity contribution in [1.29, 1.82) is 0 Å². The zero-order valence-corrected chi connectivity index (χ0v) is 14.2. The van der Waals surface area contributed by atoms with E-state index in [1.807, 2.05) is 0 Å². The number of ether oxygens (including phenoxy) is 2. The van der Waals surface area contributed by atoms with Gasteiger partial charge in [0.2, 0.25) is 0 Å². The monoisotopic (exact) mass is 325 g/mol. The van der Waals surface area contributed by atoms with E-state index < -0.39 is 29.3 Å². The first-order valence-corrected chi connectivity index (χ1v) is 7.60. The van der Waals surface area contributed by atoms with Crippen LogP contribution in [0.4, 0.5) is 9.18 Å². The van der Waals surface area contributed by atoms with Gasteiger partial charge in [0, 0.05) is 0 Å². The Morgan fingerprint density at radius 1 is 1.43 bits per heavy atom. The maximum atomic E-state index is 13.8. The fourth-order valence-corrected chi connectivity index (χ4v) is 2.66. The van der Waals surface area contributed by atoms with Crippen LogP contribution in [0.1, 0.15) is 51.8 Å². The molecule has 128 valence electrons. The Labute approximate surface area is 136 Å². The summed E-state index contributed by atoms with van der Waals surface area (Å²) in [5, 5.41) is 9.26. The summed E-state index contributed by atoms with van der Waals surface area (Å²) in [7, 11) is 0. The van der Waals surface area contributed by atoms with Gasteiger partial charge < -0.3 is 14.6 Å². The third kappa shape index (κ3) is 4.00. The first-order chi connectivity index (χ1) is 10.5. The zero-order valence-electron chi connectivity index (χ0n) is 14.2. The Hall–Kier alpha value is -1.66. The summed E-state index contributed by atoms with van der Waals surface area (Å²) in [6, 6.07) is 3.82. The maximum absolute atomic E-state index is 13.8. The minimum Gasteiger partial charge on any atom is -0.444 e. The van der Waals surface area contributed by atoms with Gasteiger partial charge in [0.05, 0.1) is 19.3 Å². The molecule has 1 amide bonds. The van der Waals surface area contributed by atoms with Crippen molar-refractivity contribution in [3.05, 3.63) is 35.1 Å². The second-order valence-electron chi connectivity index (χ2n) is 7.17. The first-order valence-electron chi connectivity index (χ1n) is 7.60. The Kier molecular flexibility index (Phi) is 4.69. The Bertz CT molecular complexity index is 595. The summed E-state index contributed by atoms with van der Waals surface area (Å²) in [4.78, 5) is 14.1. The van der Waals surface area contributed by atoms with Gasteiger partial charge in [-0.3, -0.25) is 4.90 Å². The van der Waals surface area contributed by atoms with E-state index in [2.05, 4.69) is 0 Å². The molecule has 0 radical (unpaired) electrons. The minimum atomic E-state index is -0.862. The fraction of sp³-hybridized carbons (Fsp3) is 0.588. The van der Waals surface area contributed by atoms with Crippen LogP contribution in [0.25, 0.3) is 0 Å². The highest BCUT2D eigenvalue weighted by atomic mass is 19.1. The maximum Gasteiger partial charge on any atom is 0.413 e. The summed E-state index contributed by atoms with van der Waals surface area (Å²) in [5.41, 5.74) is -0.476. The van der Waals surface area contributed by atoms with Crippen LogP contribution >= 0.6 is 0 Å². The predicted molar refractivity (Wildman–Crippen MR) is 83.2 cm³/mol. The number of amides is 1. The predicted octanol–water partition coefficient (Wildman–Crippen LogP) is 3.36. The van der Waals surface area contributed by atoms with Crippen LogP contribution in [0, 0.1) is 5.82 Å². The van der Waals surface area contributed by atoms with Crippen molar-refractivity contribution in [1.82, 2.24) is 4.90 Å². The van der Waals surface area contributed by atoms with E-state index >= 15 is 0 Å². The number of hydrogen-bond donors (Lipinski definition) is 1. The van der Waals surface area contributed by atoms with Crippen LogP contribution in [0.2, 0.25) is 0 Å². The van der Waals surface area contributed by atoms with Crippen LogP contribution in [-0.4, -0.2) is 34.0 Å². The van der Waals surface area contributed by atoms with Gasteiger partial charge in [-0.15, -0.1) is 0 Å². The lowest BCUT2D eigenvalue weighted by atomic mass is 10.0. The lowest BCUT2D eigenvalue weighted by molar-refractivity contribution is -0.0626. The lowest BCUT2D eigenvalue weighted by Crippen LogP contribution is -2.47. The van der Waals surface area contributed by atoms with Crippen LogP contribution in [0.3, 0.4) is 0 Å². The summed E-state index contributed by atoms with van der Waals surface area (Å²) >= 11 is 0. The molecular formula is C17H24FNO4. The molecule has 0 aromatic heterocycles. The number of halogens is 1. The molecule has 1 heterocycles. The highest BCUT2D eigenvalue weighted by Crippen LogP contribution is 2.38. The van der Waals surface area contributed by atoms with Crippen LogP contribution in [-0.2, 0) is 16.1 Å². The molecule has 6 heteroatoms. The summed E-state index contributed by atoms with van der Waals surface area (Å²) in [6.45, 7) is 8.86. The van der Waals surface area contributed by atoms with Crippen molar-refractivity contribution in [2.24, 2.45) is 0 Å². The standard InChI is InChI=1S/C17H24FNO4/c1-16(2,3)23-15(21)19-14(10-22-17(19,4)5)12-6-11(9-20)7-13(18)8-12/h6-8,14,20H,9-10H2,1-5H3. The van der Waals surface area contributed by atoms with E-state index in [1.165, 1.54) is 17.0 Å². The normalized spacial score (nSPS) is 20.7. The molecule has 1 unspecified atom stereocenters. The Morgan fingerprint density at radius 3 is 2.65 bits per heavy atom. The van der Waals surface area contributed by atoms with E-state index in [1.54, 1.807) is 40.7 Å². The summed E-state index contributed by atoms with van der Waals surface area (Å²) in [6.07, 6.45) is -0.514. The SMILES string of the molecule is CC(C)(C)OC(=O)N1C(c2cc(F)cc(CO)c2)COC1(C)C. The number of carbonyl (C=O) groups is 1. The van der Waals surface area contributed by atoms with Crippen molar-refractivity contribution < 1.29 is 23.8 Å². The zero-order chi connectivity index (χ0) is 17.4. The molecule has 0 aliphatic carbocycles. The van der Waals surface area contributed by atoms with Crippen molar-refractivity contribution in [2.75, 3.05) is 6.61 Å². The van der Waals surface area contributed by atoms with E-state index in [0.717, 1.165) is 0 Å². The van der Waals surface area contributed by atoms with E-state index in [-0.39, 0.29) is 13.2 Å². The van der Waals surface area contributed by atoms with Gasteiger partial charge in [-0.05, 0) is 57.9 Å². The molecule has 5 nitrogen and oxygen atoms in total. The quantitative estimate of drug-likeness (QED) is 0.906. The van der Waals surface area contributed by atoms with Gasteiger partial charge in [-0.2, -0.15) is 0 Å². The second kappa shape index (κ2) is 6.09. The van der Waals surface area contributed by atoms with Gasteiger partial charge in [-0.1, -0.05) is 6.07 Å². The lowest BCUT2D eigenvalue weighted by Gasteiger charge is -2.35.